The fourth-order valence-corrected chi connectivity index (χ4v) is 3.55. The van der Waals surface area contributed by atoms with E-state index in [2.05, 4.69) is 5.10 Å². The Morgan fingerprint density at radius 1 is 0.967 bits per heavy atom. The van der Waals surface area contributed by atoms with Gasteiger partial charge in [-0.2, -0.15) is 0 Å². The molecule has 0 atom stereocenters. The van der Waals surface area contributed by atoms with Gasteiger partial charge in [0.2, 0.25) is 17.2 Å². The van der Waals surface area contributed by atoms with Crippen LogP contribution in [0.5, 0.6) is 0 Å². The van der Waals surface area contributed by atoms with Gasteiger partial charge in [0.05, 0.1) is 17.4 Å². The quantitative estimate of drug-likeness (QED) is 0.505. The Kier molecular flexibility index (Phi) is 4.51. The predicted molar refractivity (Wildman–Crippen MR) is 106 cm³/mol. The summed E-state index contributed by atoms with van der Waals surface area (Å²) in [4.78, 5) is 52.1. The predicted octanol–water partition coefficient (Wildman–Crippen LogP) is 2.00. The van der Waals surface area contributed by atoms with Crippen LogP contribution in [0, 0.1) is 0 Å². The first-order valence-corrected chi connectivity index (χ1v) is 9.29. The van der Waals surface area contributed by atoms with Gasteiger partial charge in [0.1, 0.15) is 0 Å². The summed E-state index contributed by atoms with van der Waals surface area (Å²) in [6, 6.07) is 14.1. The van der Waals surface area contributed by atoms with E-state index in [-0.39, 0.29) is 11.1 Å². The number of carbonyl (C=O) groups is 3. The van der Waals surface area contributed by atoms with E-state index in [9.17, 15) is 24.3 Å². The molecule has 0 bridgehead atoms. The first-order valence-electron chi connectivity index (χ1n) is 9.29. The van der Waals surface area contributed by atoms with E-state index in [1.807, 2.05) is 0 Å². The number of ether oxygens (including phenoxy) is 1. The molecule has 0 unspecified atom stereocenters. The molecule has 0 radical (unpaired) electrons. The maximum absolute atomic E-state index is 13.3. The van der Waals surface area contributed by atoms with Gasteiger partial charge >= 0.3 is 5.97 Å². The third-order valence-electron chi connectivity index (χ3n) is 4.89. The summed E-state index contributed by atoms with van der Waals surface area (Å²) >= 11 is 0. The minimum atomic E-state index is -2.83. The highest BCUT2D eigenvalue weighted by atomic mass is 16.5. The molecule has 0 fully saturated rings. The van der Waals surface area contributed by atoms with E-state index >= 15 is 0 Å². The Balaban J connectivity index is 1.99. The monoisotopic (exact) mass is 406 g/mol. The van der Waals surface area contributed by atoms with Crippen LogP contribution in [0.4, 0.5) is 0 Å². The Labute approximate surface area is 170 Å². The van der Waals surface area contributed by atoms with Gasteiger partial charge in [-0.05, 0) is 26.0 Å². The van der Waals surface area contributed by atoms with E-state index < -0.39 is 46.1 Å². The van der Waals surface area contributed by atoms with Crippen molar-refractivity contribution in [2.75, 3.05) is 0 Å². The van der Waals surface area contributed by atoms with E-state index in [4.69, 9.17) is 4.74 Å². The molecule has 1 aliphatic rings. The first kappa shape index (κ1) is 19.5. The summed E-state index contributed by atoms with van der Waals surface area (Å²) in [7, 11) is 0. The lowest BCUT2D eigenvalue weighted by atomic mass is 9.88. The Bertz CT molecular complexity index is 1200. The molecule has 1 heterocycles. The Morgan fingerprint density at radius 3 is 2.03 bits per heavy atom. The second-order valence-corrected chi connectivity index (χ2v) is 7.21. The molecular formula is C22H18N2O6. The van der Waals surface area contributed by atoms with Crippen molar-refractivity contribution in [3.8, 4) is 5.69 Å². The second kappa shape index (κ2) is 6.93. The minimum absolute atomic E-state index is 0.0139. The van der Waals surface area contributed by atoms with Crippen molar-refractivity contribution in [1.82, 2.24) is 9.78 Å². The molecule has 2 aromatic carbocycles. The number of nitrogens with zero attached hydrogens (tertiary/aromatic N) is 1. The first-order chi connectivity index (χ1) is 14.3. The van der Waals surface area contributed by atoms with Crippen LogP contribution in [0.15, 0.2) is 59.4 Å². The number of benzene rings is 2. The van der Waals surface area contributed by atoms with Crippen LogP contribution in [-0.4, -0.2) is 38.5 Å². The van der Waals surface area contributed by atoms with Crippen molar-refractivity contribution in [1.29, 1.82) is 0 Å². The fraction of sp³-hybridized carbons (Fsp3) is 0.182. The maximum atomic E-state index is 13.3. The lowest BCUT2D eigenvalue weighted by Crippen LogP contribution is -2.43. The SMILES string of the molecule is CC(C)OC(=O)c1[nH]n(-c2ccccc2)c(=O)c1C1(O)C(=O)c2ccccc2C1=O. The Morgan fingerprint density at radius 2 is 1.50 bits per heavy atom. The van der Waals surface area contributed by atoms with Gasteiger partial charge in [0, 0.05) is 11.1 Å². The molecule has 8 heteroatoms. The van der Waals surface area contributed by atoms with Gasteiger partial charge < -0.3 is 9.84 Å². The second-order valence-electron chi connectivity index (χ2n) is 7.21. The van der Waals surface area contributed by atoms with Gasteiger partial charge in [-0.3, -0.25) is 19.5 Å². The van der Waals surface area contributed by atoms with Gasteiger partial charge in [-0.1, -0.05) is 42.5 Å². The van der Waals surface area contributed by atoms with Crippen molar-refractivity contribution in [2.24, 2.45) is 0 Å². The molecule has 0 saturated heterocycles. The fourth-order valence-electron chi connectivity index (χ4n) is 3.55. The molecule has 8 nitrogen and oxygen atoms in total. The van der Waals surface area contributed by atoms with Crippen LogP contribution in [-0.2, 0) is 10.3 Å². The van der Waals surface area contributed by atoms with Crippen molar-refractivity contribution >= 4 is 17.5 Å². The molecular weight excluding hydrogens is 388 g/mol. The molecule has 152 valence electrons. The summed E-state index contributed by atoms with van der Waals surface area (Å²) in [5.41, 5.74) is -4.50. The molecule has 30 heavy (non-hydrogen) atoms. The third kappa shape index (κ3) is 2.73. The van der Waals surface area contributed by atoms with Gasteiger partial charge in [0.25, 0.3) is 5.56 Å². The van der Waals surface area contributed by atoms with Gasteiger partial charge in [-0.15, -0.1) is 0 Å². The lowest BCUT2D eigenvalue weighted by molar-refractivity contribution is 0.0286. The van der Waals surface area contributed by atoms with E-state index in [0.29, 0.717) is 5.69 Å². The number of aromatic nitrogens is 2. The molecule has 3 aromatic rings. The number of H-pyrrole nitrogens is 1. The maximum Gasteiger partial charge on any atom is 0.357 e. The molecule has 0 saturated carbocycles. The number of carbonyl (C=O) groups excluding carboxylic acids is 3. The topological polar surface area (TPSA) is 118 Å². The van der Waals surface area contributed by atoms with Crippen LogP contribution in [0.3, 0.4) is 0 Å². The number of nitrogens with one attached hydrogen (secondary N) is 1. The van der Waals surface area contributed by atoms with Gasteiger partial charge in [-0.25, -0.2) is 9.48 Å². The standard InChI is InChI=1S/C22H18N2O6/c1-12(2)30-21(28)17-16(20(27)24(23-17)13-8-4-3-5-9-13)22(29)18(25)14-10-6-7-11-15(14)19(22)26/h3-12,23,29H,1-2H3. The minimum Gasteiger partial charge on any atom is -0.458 e. The summed E-state index contributed by atoms with van der Waals surface area (Å²) < 4.78 is 6.17. The van der Waals surface area contributed by atoms with Crippen molar-refractivity contribution < 1.29 is 24.2 Å². The van der Waals surface area contributed by atoms with Crippen LogP contribution in [0.1, 0.15) is 50.6 Å². The Hall–Kier alpha value is -3.78. The molecule has 1 aliphatic carbocycles. The number of aliphatic hydroxyl groups is 1. The average molecular weight is 406 g/mol. The van der Waals surface area contributed by atoms with Crippen LogP contribution < -0.4 is 5.56 Å². The summed E-state index contributed by atoms with van der Waals surface area (Å²) in [5.74, 6) is -2.88. The summed E-state index contributed by atoms with van der Waals surface area (Å²) in [6.45, 7) is 3.22. The zero-order valence-electron chi connectivity index (χ0n) is 16.2. The van der Waals surface area contributed by atoms with E-state index in [1.54, 1.807) is 56.3 Å². The molecule has 4 rings (SSSR count). The number of rotatable bonds is 4. The highest BCUT2D eigenvalue weighted by Crippen LogP contribution is 2.37. The summed E-state index contributed by atoms with van der Waals surface area (Å²) in [5, 5.41) is 13.9. The highest BCUT2D eigenvalue weighted by Gasteiger charge is 2.57. The molecule has 0 spiro atoms. The van der Waals surface area contributed by atoms with Crippen LogP contribution in [0.2, 0.25) is 0 Å². The zero-order valence-corrected chi connectivity index (χ0v) is 16.2. The normalized spacial score (nSPS) is 14.8. The number of esters is 1. The number of para-hydroxylation sites is 1. The van der Waals surface area contributed by atoms with Crippen molar-refractivity contribution in [3.05, 3.63) is 87.3 Å². The van der Waals surface area contributed by atoms with E-state index in [1.165, 1.54) is 12.1 Å². The number of Topliss-reactive ketones (excluding diaryl/α,β-unsaturated/α-hetero) is 2. The number of aromatic amines is 1. The van der Waals surface area contributed by atoms with Crippen LogP contribution in [0.25, 0.3) is 5.69 Å². The summed E-state index contributed by atoms with van der Waals surface area (Å²) in [6.07, 6.45) is -0.532. The number of fused-ring (bicyclic) bond motifs is 1. The van der Waals surface area contributed by atoms with Gasteiger partial charge in [0.15, 0.2) is 5.69 Å². The number of ketones is 2. The molecule has 2 N–H and O–H groups in total. The largest absolute Gasteiger partial charge is 0.458 e. The molecule has 1 aromatic heterocycles. The molecule has 0 aliphatic heterocycles. The van der Waals surface area contributed by atoms with Crippen LogP contribution >= 0.6 is 0 Å². The average Bonchev–Trinajstić information content (AvgIpc) is 3.18. The van der Waals surface area contributed by atoms with Crippen molar-refractivity contribution in [3.63, 3.8) is 0 Å². The zero-order chi connectivity index (χ0) is 21.6. The number of hydrogen-bond acceptors (Lipinski definition) is 6. The third-order valence-corrected chi connectivity index (χ3v) is 4.89. The smallest absolute Gasteiger partial charge is 0.357 e. The van der Waals surface area contributed by atoms with E-state index in [0.717, 1.165) is 4.68 Å². The van der Waals surface area contributed by atoms with Crippen molar-refractivity contribution in [2.45, 2.75) is 25.6 Å². The number of hydrogen-bond donors (Lipinski definition) is 2. The lowest BCUT2D eigenvalue weighted by Gasteiger charge is -2.18. The highest BCUT2D eigenvalue weighted by molar-refractivity contribution is 6.32. The molecule has 0 amide bonds.